The molecule has 1 rings (SSSR count). The SMILES string of the molecule is CC(C)(C)c1ccc(CC(N)=O)cc1. The van der Waals surface area contributed by atoms with E-state index in [4.69, 9.17) is 5.73 Å². The van der Waals surface area contributed by atoms with Gasteiger partial charge < -0.3 is 5.73 Å². The summed E-state index contributed by atoms with van der Waals surface area (Å²) in [4.78, 5) is 10.7. The van der Waals surface area contributed by atoms with Gasteiger partial charge in [0.05, 0.1) is 6.42 Å². The summed E-state index contributed by atoms with van der Waals surface area (Å²) in [7, 11) is 0. The molecule has 2 nitrogen and oxygen atoms in total. The van der Waals surface area contributed by atoms with Crippen LogP contribution in [0.1, 0.15) is 31.9 Å². The molecular weight excluding hydrogens is 174 g/mol. The normalized spacial score (nSPS) is 11.4. The lowest BCUT2D eigenvalue weighted by Crippen LogP contribution is -2.14. The maximum atomic E-state index is 10.7. The Bertz CT molecular complexity index is 319. The number of carbonyl (C=O) groups excluding carboxylic acids is 1. The molecule has 76 valence electrons. The molecule has 0 aliphatic carbocycles. The lowest BCUT2D eigenvalue weighted by molar-refractivity contribution is -0.117. The first-order valence-electron chi connectivity index (χ1n) is 4.77. The van der Waals surface area contributed by atoms with Crippen molar-refractivity contribution in [2.75, 3.05) is 0 Å². The minimum absolute atomic E-state index is 0.158. The van der Waals surface area contributed by atoms with Gasteiger partial charge in [-0.05, 0) is 16.5 Å². The fraction of sp³-hybridized carbons (Fsp3) is 0.417. The van der Waals surface area contributed by atoms with Crippen molar-refractivity contribution in [1.29, 1.82) is 0 Å². The highest BCUT2D eigenvalue weighted by atomic mass is 16.1. The van der Waals surface area contributed by atoms with Crippen LogP contribution in [0.4, 0.5) is 0 Å². The van der Waals surface area contributed by atoms with Crippen molar-refractivity contribution in [2.24, 2.45) is 5.73 Å². The molecule has 2 heteroatoms. The first kappa shape index (κ1) is 10.8. The number of primary amides is 1. The van der Waals surface area contributed by atoms with Crippen LogP contribution in [0.3, 0.4) is 0 Å². The fourth-order valence-corrected chi connectivity index (χ4v) is 1.32. The average Bonchev–Trinajstić information content (AvgIpc) is 2.02. The zero-order chi connectivity index (χ0) is 10.8. The number of hydrogen-bond acceptors (Lipinski definition) is 1. The van der Waals surface area contributed by atoms with Crippen molar-refractivity contribution in [3.63, 3.8) is 0 Å². The summed E-state index contributed by atoms with van der Waals surface area (Å²) in [5.41, 5.74) is 7.51. The molecule has 14 heavy (non-hydrogen) atoms. The molecule has 0 aliphatic rings. The highest BCUT2D eigenvalue weighted by Gasteiger charge is 2.12. The van der Waals surface area contributed by atoms with Gasteiger partial charge in [-0.3, -0.25) is 4.79 Å². The van der Waals surface area contributed by atoms with Gasteiger partial charge in [-0.25, -0.2) is 0 Å². The van der Waals surface area contributed by atoms with E-state index in [9.17, 15) is 4.79 Å². The largest absolute Gasteiger partial charge is 0.369 e. The molecule has 0 spiro atoms. The Balaban J connectivity index is 2.84. The fourth-order valence-electron chi connectivity index (χ4n) is 1.32. The molecule has 0 fully saturated rings. The molecule has 0 unspecified atom stereocenters. The summed E-state index contributed by atoms with van der Waals surface area (Å²) >= 11 is 0. The molecule has 2 N–H and O–H groups in total. The van der Waals surface area contributed by atoms with E-state index in [0.717, 1.165) is 5.56 Å². The number of amides is 1. The maximum absolute atomic E-state index is 10.7. The van der Waals surface area contributed by atoms with E-state index in [1.54, 1.807) is 0 Å². The van der Waals surface area contributed by atoms with Crippen molar-refractivity contribution in [3.05, 3.63) is 35.4 Å². The lowest BCUT2D eigenvalue weighted by atomic mass is 9.86. The average molecular weight is 191 g/mol. The van der Waals surface area contributed by atoms with E-state index in [2.05, 4.69) is 32.9 Å². The molecule has 0 heterocycles. The van der Waals surface area contributed by atoms with Crippen LogP contribution in [0.25, 0.3) is 0 Å². The van der Waals surface area contributed by atoms with Gasteiger partial charge in [-0.2, -0.15) is 0 Å². The number of hydrogen-bond donors (Lipinski definition) is 1. The van der Waals surface area contributed by atoms with Gasteiger partial charge in [0.15, 0.2) is 0 Å². The summed E-state index contributed by atoms with van der Waals surface area (Å²) in [5.74, 6) is -0.284. The summed E-state index contributed by atoms with van der Waals surface area (Å²) in [6.07, 6.45) is 0.324. The number of benzene rings is 1. The van der Waals surface area contributed by atoms with Gasteiger partial charge in [0.2, 0.25) is 5.91 Å². The molecule has 0 aromatic heterocycles. The lowest BCUT2D eigenvalue weighted by Gasteiger charge is -2.18. The van der Waals surface area contributed by atoms with Gasteiger partial charge >= 0.3 is 0 Å². The summed E-state index contributed by atoms with van der Waals surface area (Å²) in [5, 5.41) is 0. The van der Waals surface area contributed by atoms with Crippen LogP contribution in [0.2, 0.25) is 0 Å². The third-order valence-electron chi connectivity index (χ3n) is 2.20. The summed E-state index contributed by atoms with van der Waals surface area (Å²) in [6, 6.07) is 8.03. The molecule has 0 saturated carbocycles. The van der Waals surface area contributed by atoms with E-state index in [0.29, 0.717) is 6.42 Å². The number of rotatable bonds is 2. The van der Waals surface area contributed by atoms with Crippen molar-refractivity contribution < 1.29 is 4.79 Å². The van der Waals surface area contributed by atoms with Crippen LogP contribution >= 0.6 is 0 Å². The molecule has 1 aromatic carbocycles. The summed E-state index contributed by atoms with van der Waals surface area (Å²) in [6.45, 7) is 6.49. The van der Waals surface area contributed by atoms with Gasteiger partial charge in [-0.15, -0.1) is 0 Å². The molecule has 0 aliphatic heterocycles. The predicted octanol–water partition coefficient (Wildman–Crippen LogP) is 2.01. The predicted molar refractivity (Wildman–Crippen MR) is 58.0 cm³/mol. The first-order chi connectivity index (χ1) is 6.39. The van der Waals surface area contributed by atoms with Crippen LogP contribution in [0, 0.1) is 0 Å². The zero-order valence-electron chi connectivity index (χ0n) is 9.00. The van der Waals surface area contributed by atoms with Gasteiger partial charge in [0.25, 0.3) is 0 Å². The van der Waals surface area contributed by atoms with Crippen LogP contribution in [0.5, 0.6) is 0 Å². The Morgan fingerprint density at radius 2 is 1.71 bits per heavy atom. The van der Waals surface area contributed by atoms with Gasteiger partial charge in [0.1, 0.15) is 0 Å². The van der Waals surface area contributed by atoms with E-state index in [1.807, 2.05) is 12.1 Å². The first-order valence-corrected chi connectivity index (χ1v) is 4.77. The Labute approximate surface area is 85.1 Å². The van der Waals surface area contributed by atoms with Crippen molar-refractivity contribution in [1.82, 2.24) is 0 Å². The quantitative estimate of drug-likeness (QED) is 0.763. The van der Waals surface area contributed by atoms with Crippen molar-refractivity contribution in [3.8, 4) is 0 Å². The third-order valence-corrected chi connectivity index (χ3v) is 2.20. The minimum Gasteiger partial charge on any atom is -0.369 e. The highest BCUT2D eigenvalue weighted by Crippen LogP contribution is 2.22. The van der Waals surface area contributed by atoms with E-state index in [1.165, 1.54) is 5.56 Å². The second-order valence-corrected chi connectivity index (χ2v) is 4.59. The smallest absolute Gasteiger partial charge is 0.221 e. The third kappa shape index (κ3) is 2.87. The van der Waals surface area contributed by atoms with E-state index < -0.39 is 0 Å². The molecule has 0 saturated heterocycles. The van der Waals surface area contributed by atoms with Crippen LogP contribution in [0.15, 0.2) is 24.3 Å². The maximum Gasteiger partial charge on any atom is 0.221 e. The second kappa shape index (κ2) is 3.82. The van der Waals surface area contributed by atoms with E-state index in [-0.39, 0.29) is 11.3 Å². The Morgan fingerprint density at radius 1 is 1.21 bits per heavy atom. The minimum atomic E-state index is -0.284. The molecule has 1 aromatic rings. The van der Waals surface area contributed by atoms with Crippen molar-refractivity contribution in [2.45, 2.75) is 32.6 Å². The molecule has 0 radical (unpaired) electrons. The standard InChI is InChI=1S/C12H17NO/c1-12(2,3)10-6-4-9(5-7-10)8-11(13)14/h4-7H,8H2,1-3H3,(H2,13,14). The Kier molecular flexibility index (Phi) is 2.94. The Morgan fingerprint density at radius 3 is 2.07 bits per heavy atom. The Hall–Kier alpha value is -1.31. The van der Waals surface area contributed by atoms with Gasteiger partial charge in [-0.1, -0.05) is 45.0 Å². The van der Waals surface area contributed by atoms with Crippen molar-refractivity contribution >= 4 is 5.91 Å². The zero-order valence-corrected chi connectivity index (χ0v) is 9.00. The molecule has 0 atom stereocenters. The number of carbonyl (C=O) groups is 1. The second-order valence-electron chi connectivity index (χ2n) is 4.59. The van der Waals surface area contributed by atoms with Crippen LogP contribution in [-0.4, -0.2) is 5.91 Å². The van der Waals surface area contributed by atoms with Gasteiger partial charge in [0, 0.05) is 0 Å². The molecular formula is C12H17NO. The van der Waals surface area contributed by atoms with Crippen LogP contribution in [-0.2, 0) is 16.6 Å². The van der Waals surface area contributed by atoms with E-state index >= 15 is 0 Å². The summed E-state index contributed by atoms with van der Waals surface area (Å²) < 4.78 is 0. The topological polar surface area (TPSA) is 43.1 Å². The van der Waals surface area contributed by atoms with Crippen LogP contribution < -0.4 is 5.73 Å². The molecule has 1 amide bonds. The highest BCUT2D eigenvalue weighted by molar-refractivity contribution is 5.76. The monoisotopic (exact) mass is 191 g/mol. The molecule has 0 bridgehead atoms. The number of nitrogens with two attached hydrogens (primary N) is 1.